The Hall–Kier alpha value is -3.53. The Morgan fingerprint density at radius 2 is 2.02 bits per heavy atom. The van der Waals surface area contributed by atoms with E-state index >= 15 is 4.39 Å². The number of hydrogen-bond donors (Lipinski definition) is 5. The Morgan fingerprint density at radius 1 is 1.25 bits per heavy atom. The van der Waals surface area contributed by atoms with Gasteiger partial charge in [0.05, 0.1) is 22.2 Å². The number of amidine groups is 1. The average molecular weight is 620 g/mol. The maximum absolute atomic E-state index is 15.1. The number of aromatic nitrogens is 3. The summed E-state index contributed by atoms with van der Waals surface area (Å²) in [6, 6.07) is 14.3. The van der Waals surface area contributed by atoms with Crippen LogP contribution in [0.2, 0.25) is 5.02 Å². The molecular weight excluding hydrogens is 577 g/mol. The van der Waals surface area contributed by atoms with E-state index in [-0.39, 0.29) is 23.1 Å². The van der Waals surface area contributed by atoms with Crippen LogP contribution < -0.4 is 22.1 Å². The van der Waals surface area contributed by atoms with Gasteiger partial charge in [-0.3, -0.25) is 9.98 Å². The summed E-state index contributed by atoms with van der Waals surface area (Å²) >= 11 is 6.26. The average Bonchev–Trinajstić information content (AvgIpc) is 3.40. The molecule has 1 aliphatic rings. The van der Waals surface area contributed by atoms with E-state index < -0.39 is 11.5 Å². The highest BCUT2D eigenvalue weighted by Gasteiger charge is 2.24. The maximum Gasteiger partial charge on any atom is 0.354 e. The monoisotopic (exact) mass is 619 g/mol. The summed E-state index contributed by atoms with van der Waals surface area (Å²) < 4.78 is 16.7. The summed E-state index contributed by atoms with van der Waals surface area (Å²) in [5.74, 6) is -0.00188. The van der Waals surface area contributed by atoms with Gasteiger partial charge in [0.1, 0.15) is 5.65 Å². The predicted octanol–water partition coefficient (Wildman–Crippen LogP) is 6.78. The number of aromatic amines is 1. The quantitative estimate of drug-likeness (QED) is 0.0935. The molecule has 5 rings (SSSR count). The van der Waals surface area contributed by atoms with Crippen LogP contribution in [0.5, 0.6) is 0 Å². The highest BCUT2D eigenvalue weighted by Crippen LogP contribution is 2.32. The fourth-order valence-electron chi connectivity index (χ4n) is 6.25. The molecule has 10 heteroatoms. The zero-order chi connectivity index (χ0) is 31.4. The molecule has 0 bridgehead atoms. The summed E-state index contributed by atoms with van der Waals surface area (Å²) in [6.45, 7) is 5.91. The van der Waals surface area contributed by atoms with Crippen molar-refractivity contribution in [2.24, 2.45) is 5.73 Å². The van der Waals surface area contributed by atoms with Gasteiger partial charge in [0, 0.05) is 41.3 Å². The van der Waals surface area contributed by atoms with Crippen LogP contribution in [0.4, 0.5) is 4.39 Å². The summed E-state index contributed by atoms with van der Waals surface area (Å²) in [5, 5.41) is 15.6. The Morgan fingerprint density at radius 3 is 2.73 bits per heavy atom. The van der Waals surface area contributed by atoms with Gasteiger partial charge in [-0.15, -0.1) is 0 Å². The van der Waals surface area contributed by atoms with Crippen LogP contribution in [-0.2, 0) is 6.42 Å². The fourth-order valence-corrected chi connectivity index (χ4v) is 6.49. The smallest absolute Gasteiger partial charge is 0.354 e. The van der Waals surface area contributed by atoms with E-state index in [0.717, 1.165) is 56.9 Å². The Labute approximate surface area is 263 Å². The lowest BCUT2D eigenvalue weighted by molar-refractivity contribution is 0.291. The van der Waals surface area contributed by atoms with Gasteiger partial charge in [0.15, 0.2) is 5.82 Å². The maximum atomic E-state index is 15.1. The minimum Gasteiger partial charge on any atom is -0.371 e. The van der Waals surface area contributed by atoms with Crippen molar-refractivity contribution in [3.05, 3.63) is 81.1 Å². The fraction of sp³-hybridized carbons (Fsp3) is 0.441. The minimum absolute atomic E-state index is 0.0617. The van der Waals surface area contributed by atoms with Crippen molar-refractivity contribution in [3.8, 4) is 16.9 Å². The number of nitrogens with zero attached hydrogens (tertiary/aromatic N) is 2. The van der Waals surface area contributed by atoms with Crippen molar-refractivity contribution in [2.45, 2.75) is 96.3 Å². The van der Waals surface area contributed by atoms with Crippen molar-refractivity contribution < 1.29 is 4.39 Å². The highest BCUT2D eigenvalue weighted by molar-refractivity contribution is 6.31. The lowest BCUT2D eigenvalue weighted by Gasteiger charge is -2.34. The first-order valence-corrected chi connectivity index (χ1v) is 16.0. The number of piperidine rings is 1. The lowest BCUT2D eigenvalue weighted by atomic mass is 9.90. The molecule has 4 atom stereocenters. The molecule has 234 valence electrons. The molecule has 0 unspecified atom stereocenters. The third-order valence-corrected chi connectivity index (χ3v) is 8.82. The van der Waals surface area contributed by atoms with Crippen molar-refractivity contribution in [1.82, 2.24) is 25.2 Å². The summed E-state index contributed by atoms with van der Waals surface area (Å²) in [4.78, 5) is 20.4. The zero-order valence-corrected chi connectivity index (χ0v) is 26.5. The molecule has 0 spiro atoms. The Balaban J connectivity index is 1.34. The topological polar surface area (TPSA) is 125 Å². The largest absolute Gasteiger partial charge is 0.371 e. The van der Waals surface area contributed by atoms with Gasteiger partial charge >= 0.3 is 5.69 Å². The second-order valence-electron chi connectivity index (χ2n) is 12.2. The zero-order valence-electron chi connectivity index (χ0n) is 25.7. The van der Waals surface area contributed by atoms with E-state index in [0.29, 0.717) is 39.9 Å². The van der Waals surface area contributed by atoms with Crippen LogP contribution in [0, 0.1) is 11.2 Å². The molecule has 0 saturated carbocycles. The molecule has 8 nitrogen and oxygen atoms in total. The molecule has 1 aliphatic heterocycles. The number of nitrogens with two attached hydrogens (primary N) is 1. The van der Waals surface area contributed by atoms with E-state index in [1.807, 2.05) is 19.1 Å². The third kappa shape index (κ3) is 7.57. The Bertz CT molecular complexity index is 1660. The SMILES string of the molecule is CC[C@H](C[C@@H]1CCC[C@@H](c2ccc(-n3cc4cc(-c5cc(CCC[C@H](C)N)cc(Cl)c5F)[nH]c4nc3=O)cc2)N1)NC(C)=N. The first-order valence-electron chi connectivity index (χ1n) is 15.7. The lowest BCUT2D eigenvalue weighted by Crippen LogP contribution is -2.43. The van der Waals surface area contributed by atoms with E-state index in [2.05, 4.69) is 39.7 Å². The molecule has 0 aliphatic carbocycles. The van der Waals surface area contributed by atoms with Gasteiger partial charge in [-0.05, 0) is 100 Å². The summed E-state index contributed by atoms with van der Waals surface area (Å²) in [7, 11) is 0. The van der Waals surface area contributed by atoms with E-state index in [4.69, 9.17) is 22.7 Å². The summed E-state index contributed by atoms with van der Waals surface area (Å²) in [6.07, 6.45) is 9.51. The van der Waals surface area contributed by atoms with Crippen molar-refractivity contribution in [3.63, 3.8) is 0 Å². The molecule has 44 heavy (non-hydrogen) atoms. The number of H-pyrrole nitrogens is 1. The van der Waals surface area contributed by atoms with Crippen LogP contribution >= 0.6 is 11.6 Å². The standard InChI is InChI=1S/C34H43ClFN7O/c1-4-25(39-21(3)38)18-26-9-6-10-30(40-26)23-11-13-27(14-12-23)43-19-24-17-31(41-33(24)42-34(43)44)28-15-22(8-5-7-20(2)37)16-29(35)32(28)36/h11-17,19-20,25-26,30,40H,4-10,18,37H2,1-3H3,(H2,38,39)(H,41,42,44)/t20-,25+,26-,30-/m0/s1. The van der Waals surface area contributed by atoms with Gasteiger partial charge in [-0.25, -0.2) is 9.18 Å². The van der Waals surface area contributed by atoms with Crippen molar-refractivity contribution in [2.75, 3.05) is 0 Å². The third-order valence-electron chi connectivity index (χ3n) is 8.55. The van der Waals surface area contributed by atoms with Crippen LogP contribution in [-0.4, -0.2) is 38.5 Å². The molecule has 0 amide bonds. The van der Waals surface area contributed by atoms with Crippen LogP contribution in [0.3, 0.4) is 0 Å². The minimum atomic E-state index is -0.509. The number of halogens is 2. The van der Waals surface area contributed by atoms with E-state index in [1.54, 1.807) is 31.3 Å². The molecule has 6 N–H and O–H groups in total. The second kappa shape index (κ2) is 14.1. The van der Waals surface area contributed by atoms with Crippen LogP contribution in [0.25, 0.3) is 28.0 Å². The molecule has 2 aromatic heterocycles. The normalized spacial score (nSPS) is 18.3. The molecule has 0 radical (unpaired) electrons. The van der Waals surface area contributed by atoms with E-state index in [9.17, 15) is 4.79 Å². The molecule has 1 fully saturated rings. The molecular formula is C34H43ClFN7O. The second-order valence-corrected chi connectivity index (χ2v) is 12.6. The number of hydrogen-bond acceptors (Lipinski definition) is 5. The van der Waals surface area contributed by atoms with E-state index in [1.165, 1.54) is 10.1 Å². The van der Waals surface area contributed by atoms with Crippen LogP contribution in [0.1, 0.15) is 82.9 Å². The number of rotatable bonds is 11. The first-order chi connectivity index (χ1) is 21.1. The van der Waals surface area contributed by atoms with Gasteiger partial charge in [0.2, 0.25) is 0 Å². The number of benzene rings is 2. The highest BCUT2D eigenvalue weighted by atomic mass is 35.5. The summed E-state index contributed by atoms with van der Waals surface area (Å²) in [5.41, 5.74) is 9.55. The number of aryl methyl sites for hydroxylation is 1. The van der Waals surface area contributed by atoms with Crippen molar-refractivity contribution >= 4 is 28.5 Å². The van der Waals surface area contributed by atoms with Gasteiger partial charge in [-0.1, -0.05) is 37.1 Å². The molecule has 3 heterocycles. The van der Waals surface area contributed by atoms with Crippen LogP contribution in [0.15, 0.2) is 53.5 Å². The molecule has 4 aromatic rings. The van der Waals surface area contributed by atoms with Gasteiger partial charge < -0.3 is 21.4 Å². The van der Waals surface area contributed by atoms with Gasteiger partial charge in [0.25, 0.3) is 0 Å². The van der Waals surface area contributed by atoms with Gasteiger partial charge in [-0.2, -0.15) is 4.98 Å². The van der Waals surface area contributed by atoms with Crippen molar-refractivity contribution in [1.29, 1.82) is 5.41 Å². The molecule has 2 aromatic carbocycles. The molecule has 1 saturated heterocycles. The number of fused-ring (bicyclic) bond motifs is 1. The Kier molecular flexibility index (Phi) is 10.2. The predicted molar refractivity (Wildman–Crippen MR) is 177 cm³/mol. The first kappa shape index (κ1) is 31.9. The number of nitrogens with one attached hydrogen (secondary N) is 4.